The number of unbranched alkanes of at least 4 members (excludes halogenated alkanes) is 1. The Morgan fingerprint density at radius 1 is 1.13 bits per heavy atom. The monoisotopic (exact) mass is 419 g/mol. The molecule has 0 spiro atoms. The minimum absolute atomic E-state index is 0.0317. The molecule has 4 aromatic rings. The van der Waals surface area contributed by atoms with Crippen molar-refractivity contribution in [3.8, 4) is 11.5 Å². The van der Waals surface area contributed by atoms with E-state index in [0.29, 0.717) is 6.61 Å². The lowest BCUT2D eigenvalue weighted by atomic mass is 10.1. The number of fused-ring (bicyclic) bond motifs is 4. The number of nitrogens with one attached hydrogen (secondary N) is 1. The molecule has 1 N–H and O–H groups in total. The Hall–Kier alpha value is -3.12. The molecule has 3 heterocycles. The van der Waals surface area contributed by atoms with Crippen LogP contribution in [0.15, 0.2) is 54.7 Å². The molecule has 0 amide bonds. The predicted molar refractivity (Wildman–Crippen MR) is 120 cm³/mol. The average molecular weight is 420 g/mol. The van der Waals surface area contributed by atoms with E-state index in [4.69, 9.17) is 9.47 Å². The van der Waals surface area contributed by atoms with E-state index in [2.05, 4.69) is 14.9 Å². The Morgan fingerprint density at radius 3 is 3.00 bits per heavy atom. The van der Waals surface area contributed by atoms with Crippen molar-refractivity contribution in [1.29, 1.82) is 0 Å². The number of nitrogens with zero attached hydrogens (tertiary/aromatic N) is 2. The second-order valence-corrected chi connectivity index (χ2v) is 8.09. The molecule has 31 heavy (non-hydrogen) atoms. The van der Waals surface area contributed by atoms with Crippen LogP contribution in [0.3, 0.4) is 0 Å². The Kier molecular flexibility index (Phi) is 5.47. The molecule has 2 aromatic carbocycles. The summed E-state index contributed by atoms with van der Waals surface area (Å²) in [5, 5.41) is 5.54. The van der Waals surface area contributed by atoms with Crippen LogP contribution in [-0.2, 0) is 6.54 Å². The number of ether oxygens (including phenoxy) is 2. The second kappa shape index (κ2) is 8.55. The largest absolute Gasteiger partial charge is 0.486 e. The normalized spacial score (nSPS) is 15.6. The Morgan fingerprint density at radius 2 is 2.06 bits per heavy atom. The molecule has 1 aliphatic rings. The van der Waals surface area contributed by atoms with Crippen LogP contribution in [0.4, 0.5) is 4.39 Å². The van der Waals surface area contributed by atoms with Gasteiger partial charge in [-0.15, -0.1) is 0 Å². The van der Waals surface area contributed by atoms with E-state index in [1.54, 1.807) is 6.07 Å². The first-order valence-electron chi connectivity index (χ1n) is 10.8. The standard InChI is InChI=1S/C25H26FN3O2/c1-17-4-7-21-22(28-17)8-9-24-25(21)31-20(16-30-24)15-27-11-2-3-12-29-13-10-18-5-6-19(26)14-23(18)29/h4-10,13-14,20,27H,2-3,11-12,15-16H2,1H3. The van der Waals surface area contributed by atoms with Gasteiger partial charge in [-0.05, 0) is 80.2 Å². The van der Waals surface area contributed by atoms with Crippen molar-refractivity contribution < 1.29 is 13.9 Å². The number of halogens is 1. The highest BCUT2D eigenvalue weighted by Crippen LogP contribution is 2.38. The smallest absolute Gasteiger partial charge is 0.171 e. The molecule has 1 aliphatic heterocycles. The zero-order valence-electron chi connectivity index (χ0n) is 17.6. The minimum Gasteiger partial charge on any atom is -0.486 e. The molecule has 1 atom stereocenters. The van der Waals surface area contributed by atoms with Gasteiger partial charge in [0.2, 0.25) is 0 Å². The summed E-state index contributed by atoms with van der Waals surface area (Å²) in [6.07, 6.45) is 4.05. The molecule has 1 unspecified atom stereocenters. The SMILES string of the molecule is Cc1ccc2c3c(ccc2n1)OCC(CNCCCCn1ccc2ccc(F)cc21)O3. The first-order valence-corrected chi connectivity index (χ1v) is 10.8. The van der Waals surface area contributed by atoms with Gasteiger partial charge in [0.1, 0.15) is 18.5 Å². The van der Waals surface area contributed by atoms with Crippen LogP contribution < -0.4 is 14.8 Å². The molecule has 160 valence electrons. The van der Waals surface area contributed by atoms with Crippen molar-refractivity contribution in [3.63, 3.8) is 0 Å². The summed E-state index contributed by atoms with van der Waals surface area (Å²) in [6, 6.07) is 14.9. The minimum atomic E-state index is -0.191. The maximum atomic E-state index is 13.5. The maximum Gasteiger partial charge on any atom is 0.171 e. The summed E-state index contributed by atoms with van der Waals surface area (Å²) in [5.41, 5.74) is 2.87. The molecule has 0 fully saturated rings. The molecule has 2 aromatic heterocycles. The summed E-state index contributed by atoms with van der Waals surface area (Å²) in [5.74, 6) is 1.38. The summed E-state index contributed by atoms with van der Waals surface area (Å²) in [6.45, 7) is 5.03. The van der Waals surface area contributed by atoms with Gasteiger partial charge in [0.25, 0.3) is 0 Å². The predicted octanol–water partition coefficient (Wildman–Crippen LogP) is 4.85. The number of pyridine rings is 1. The molecule has 0 radical (unpaired) electrons. The number of benzene rings is 2. The average Bonchev–Trinajstić information content (AvgIpc) is 3.17. The Labute approximate surface area is 180 Å². The molecule has 0 saturated carbocycles. The van der Waals surface area contributed by atoms with E-state index in [-0.39, 0.29) is 11.9 Å². The van der Waals surface area contributed by atoms with Crippen molar-refractivity contribution in [2.45, 2.75) is 32.4 Å². The highest BCUT2D eigenvalue weighted by atomic mass is 19.1. The van der Waals surface area contributed by atoms with Crippen LogP contribution in [0.25, 0.3) is 21.8 Å². The van der Waals surface area contributed by atoms with E-state index in [1.165, 1.54) is 6.07 Å². The summed E-state index contributed by atoms with van der Waals surface area (Å²) in [4.78, 5) is 4.58. The topological polar surface area (TPSA) is 48.3 Å². The van der Waals surface area contributed by atoms with Gasteiger partial charge in [-0.25, -0.2) is 4.39 Å². The number of aryl methyl sites for hydroxylation is 2. The third-order valence-corrected chi connectivity index (χ3v) is 5.74. The van der Waals surface area contributed by atoms with Crippen molar-refractivity contribution in [2.24, 2.45) is 0 Å². The zero-order valence-corrected chi connectivity index (χ0v) is 17.6. The van der Waals surface area contributed by atoms with Crippen LogP contribution in [0.5, 0.6) is 11.5 Å². The summed E-state index contributed by atoms with van der Waals surface area (Å²) in [7, 11) is 0. The highest BCUT2D eigenvalue weighted by molar-refractivity contribution is 5.88. The van der Waals surface area contributed by atoms with Gasteiger partial charge in [0.05, 0.1) is 11.0 Å². The molecule has 5 rings (SSSR count). The number of hydrogen-bond acceptors (Lipinski definition) is 4. The van der Waals surface area contributed by atoms with Gasteiger partial charge in [0.15, 0.2) is 11.5 Å². The third-order valence-electron chi connectivity index (χ3n) is 5.74. The summed E-state index contributed by atoms with van der Waals surface area (Å²) < 4.78 is 27.8. The molecule has 6 heteroatoms. The van der Waals surface area contributed by atoms with Gasteiger partial charge in [-0.1, -0.05) is 0 Å². The van der Waals surface area contributed by atoms with Gasteiger partial charge >= 0.3 is 0 Å². The van der Waals surface area contributed by atoms with Crippen LogP contribution in [0, 0.1) is 12.7 Å². The van der Waals surface area contributed by atoms with E-state index in [1.807, 2.05) is 49.5 Å². The second-order valence-electron chi connectivity index (χ2n) is 8.09. The van der Waals surface area contributed by atoms with E-state index in [0.717, 1.165) is 71.5 Å². The van der Waals surface area contributed by atoms with Gasteiger partial charge < -0.3 is 19.4 Å². The molecule has 5 nitrogen and oxygen atoms in total. The van der Waals surface area contributed by atoms with Crippen LogP contribution >= 0.6 is 0 Å². The van der Waals surface area contributed by atoms with Crippen molar-refractivity contribution in [3.05, 3.63) is 66.2 Å². The first-order chi connectivity index (χ1) is 15.2. The fraction of sp³-hybridized carbons (Fsp3) is 0.320. The number of hydrogen-bond donors (Lipinski definition) is 1. The van der Waals surface area contributed by atoms with Crippen LogP contribution in [0.2, 0.25) is 0 Å². The van der Waals surface area contributed by atoms with Crippen molar-refractivity contribution in [1.82, 2.24) is 14.9 Å². The number of rotatable bonds is 7. The lowest BCUT2D eigenvalue weighted by molar-refractivity contribution is 0.0925. The van der Waals surface area contributed by atoms with E-state index >= 15 is 0 Å². The van der Waals surface area contributed by atoms with Gasteiger partial charge in [-0.3, -0.25) is 4.98 Å². The molecule has 0 bridgehead atoms. The molecular formula is C25H26FN3O2. The fourth-order valence-corrected chi connectivity index (χ4v) is 4.13. The zero-order chi connectivity index (χ0) is 21.2. The Bertz CT molecular complexity index is 1220. The fourth-order valence-electron chi connectivity index (χ4n) is 4.13. The van der Waals surface area contributed by atoms with Crippen molar-refractivity contribution in [2.75, 3.05) is 19.7 Å². The molecule has 0 aliphatic carbocycles. The van der Waals surface area contributed by atoms with Crippen LogP contribution in [-0.4, -0.2) is 35.4 Å². The number of aromatic nitrogens is 2. The quantitative estimate of drug-likeness (QED) is 0.435. The maximum absolute atomic E-state index is 13.5. The van der Waals surface area contributed by atoms with Gasteiger partial charge in [0, 0.05) is 30.4 Å². The Balaban J connectivity index is 1.11. The van der Waals surface area contributed by atoms with E-state index in [9.17, 15) is 4.39 Å². The molecular weight excluding hydrogens is 393 g/mol. The van der Waals surface area contributed by atoms with E-state index < -0.39 is 0 Å². The summed E-state index contributed by atoms with van der Waals surface area (Å²) >= 11 is 0. The third kappa shape index (κ3) is 4.21. The lowest BCUT2D eigenvalue weighted by Gasteiger charge is -2.27. The molecule has 0 saturated heterocycles. The van der Waals surface area contributed by atoms with Crippen molar-refractivity contribution >= 4 is 21.8 Å². The lowest BCUT2D eigenvalue weighted by Crippen LogP contribution is -2.38. The van der Waals surface area contributed by atoms with Gasteiger partial charge in [-0.2, -0.15) is 0 Å². The first kappa shape index (κ1) is 19.8. The van der Waals surface area contributed by atoms with Crippen LogP contribution in [0.1, 0.15) is 18.5 Å². The highest BCUT2D eigenvalue weighted by Gasteiger charge is 2.23.